The van der Waals surface area contributed by atoms with Gasteiger partial charge >= 0.3 is 0 Å². The van der Waals surface area contributed by atoms with Gasteiger partial charge in [0.1, 0.15) is 12.1 Å². The summed E-state index contributed by atoms with van der Waals surface area (Å²) in [5.74, 6) is 1.27. The average molecular weight is 322 g/mol. The van der Waals surface area contributed by atoms with Crippen LogP contribution >= 0.6 is 15.9 Å². The van der Waals surface area contributed by atoms with E-state index < -0.39 is 0 Å². The second-order valence-electron chi connectivity index (χ2n) is 5.14. The lowest BCUT2D eigenvalue weighted by atomic mass is 9.96. The Kier molecular flexibility index (Phi) is 3.41. The van der Waals surface area contributed by atoms with Crippen molar-refractivity contribution in [1.82, 2.24) is 9.97 Å². The molecule has 1 aromatic heterocycles. The molecule has 5 heteroatoms. The maximum Gasteiger partial charge on any atom is 0.140 e. The number of fused-ring (bicyclic) bond motifs is 1. The summed E-state index contributed by atoms with van der Waals surface area (Å²) in [6.45, 7) is 3.66. The highest BCUT2D eigenvalue weighted by atomic mass is 79.9. The van der Waals surface area contributed by atoms with Crippen LogP contribution in [0, 0.1) is 5.92 Å². The van der Waals surface area contributed by atoms with E-state index in [0.29, 0.717) is 12.5 Å². The summed E-state index contributed by atoms with van der Waals surface area (Å²) in [4.78, 5) is 10.9. The monoisotopic (exact) mass is 321 g/mol. The van der Waals surface area contributed by atoms with Crippen LogP contribution in [0.4, 0.5) is 5.82 Å². The molecule has 0 bridgehead atoms. The van der Waals surface area contributed by atoms with Gasteiger partial charge in [-0.15, -0.1) is 0 Å². The number of hydrogen-bond donors (Lipinski definition) is 1. The predicted octanol–water partition coefficient (Wildman–Crippen LogP) is 2.60. The molecule has 1 aliphatic heterocycles. The molecule has 0 aliphatic carbocycles. The Morgan fingerprint density at radius 2 is 2.21 bits per heavy atom. The number of aromatic nitrogens is 2. The molecule has 2 aromatic rings. The van der Waals surface area contributed by atoms with Gasteiger partial charge in [0, 0.05) is 22.9 Å². The normalized spacial score (nSPS) is 23.8. The van der Waals surface area contributed by atoms with E-state index in [1.54, 1.807) is 6.33 Å². The Balaban J connectivity index is 2.03. The summed E-state index contributed by atoms with van der Waals surface area (Å²) in [6, 6.07) is 5.99. The number of halogens is 1. The van der Waals surface area contributed by atoms with Crippen molar-refractivity contribution in [3.05, 3.63) is 29.0 Å². The molecule has 1 fully saturated rings. The molecule has 0 amide bonds. The minimum Gasteiger partial charge on any atom is -0.391 e. The molecule has 2 heterocycles. The fourth-order valence-corrected chi connectivity index (χ4v) is 2.87. The maximum absolute atomic E-state index is 10.0. The van der Waals surface area contributed by atoms with Crippen molar-refractivity contribution < 1.29 is 5.11 Å². The Morgan fingerprint density at radius 1 is 1.37 bits per heavy atom. The first kappa shape index (κ1) is 12.8. The standard InChI is InChI=1S/C14H16BrN3O/c1-9-4-5-18(7-13(9)19)14-11-6-10(15)2-3-12(11)16-8-17-14/h2-3,6,8-9,13,19H,4-5,7H2,1H3. The molecular weight excluding hydrogens is 306 g/mol. The van der Waals surface area contributed by atoms with E-state index in [9.17, 15) is 5.11 Å². The maximum atomic E-state index is 10.0. The second-order valence-corrected chi connectivity index (χ2v) is 6.05. The van der Waals surface area contributed by atoms with Gasteiger partial charge in [0.05, 0.1) is 11.6 Å². The number of hydrogen-bond acceptors (Lipinski definition) is 4. The van der Waals surface area contributed by atoms with Crippen LogP contribution in [-0.4, -0.2) is 34.3 Å². The molecule has 0 radical (unpaired) electrons. The van der Waals surface area contributed by atoms with Crippen molar-refractivity contribution >= 4 is 32.7 Å². The summed E-state index contributed by atoms with van der Waals surface area (Å²) in [7, 11) is 0. The van der Waals surface area contributed by atoms with Gasteiger partial charge in [0.25, 0.3) is 0 Å². The third-order valence-corrected chi connectivity index (χ3v) is 4.29. The molecule has 1 saturated heterocycles. The first-order valence-electron chi connectivity index (χ1n) is 6.48. The highest BCUT2D eigenvalue weighted by Crippen LogP contribution is 2.29. The number of β-amino-alcohol motifs (C(OH)–C–C–N with tert-alkyl or cyclic N) is 1. The first-order valence-corrected chi connectivity index (χ1v) is 7.28. The summed E-state index contributed by atoms with van der Waals surface area (Å²) < 4.78 is 1.02. The number of nitrogens with zero attached hydrogens (tertiary/aromatic N) is 3. The minimum atomic E-state index is -0.286. The predicted molar refractivity (Wildman–Crippen MR) is 79.2 cm³/mol. The van der Waals surface area contributed by atoms with Crippen molar-refractivity contribution in [3.63, 3.8) is 0 Å². The summed E-state index contributed by atoms with van der Waals surface area (Å²) in [5.41, 5.74) is 0.932. The summed E-state index contributed by atoms with van der Waals surface area (Å²) >= 11 is 3.49. The number of aliphatic hydroxyl groups excluding tert-OH is 1. The molecule has 0 spiro atoms. The van der Waals surface area contributed by atoms with E-state index in [1.165, 1.54) is 0 Å². The van der Waals surface area contributed by atoms with Gasteiger partial charge in [-0.05, 0) is 30.5 Å². The molecule has 100 valence electrons. The summed E-state index contributed by atoms with van der Waals surface area (Å²) in [5, 5.41) is 11.1. The van der Waals surface area contributed by atoms with Gasteiger partial charge in [0.15, 0.2) is 0 Å². The van der Waals surface area contributed by atoms with Gasteiger partial charge in [-0.1, -0.05) is 22.9 Å². The lowest BCUT2D eigenvalue weighted by Crippen LogP contribution is -2.43. The third kappa shape index (κ3) is 2.44. The highest BCUT2D eigenvalue weighted by Gasteiger charge is 2.26. The van der Waals surface area contributed by atoms with Crippen LogP contribution in [0.15, 0.2) is 29.0 Å². The van der Waals surface area contributed by atoms with Gasteiger partial charge in [-0.3, -0.25) is 0 Å². The van der Waals surface area contributed by atoms with Gasteiger partial charge < -0.3 is 10.0 Å². The summed E-state index contributed by atoms with van der Waals surface area (Å²) in [6.07, 6.45) is 2.29. The SMILES string of the molecule is CC1CCN(c2ncnc3ccc(Br)cc23)CC1O. The van der Waals surface area contributed by atoms with E-state index in [1.807, 2.05) is 18.2 Å². The molecule has 1 aromatic carbocycles. The number of anilines is 1. The van der Waals surface area contributed by atoms with E-state index in [4.69, 9.17) is 0 Å². The van der Waals surface area contributed by atoms with Crippen molar-refractivity contribution in [1.29, 1.82) is 0 Å². The lowest BCUT2D eigenvalue weighted by Gasteiger charge is -2.35. The van der Waals surface area contributed by atoms with Crippen molar-refractivity contribution in [3.8, 4) is 0 Å². The smallest absolute Gasteiger partial charge is 0.140 e. The van der Waals surface area contributed by atoms with E-state index >= 15 is 0 Å². The van der Waals surface area contributed by atoms with Gasteiger partial charge in [-0.25, -0.2) is 9.97 Å². The zero-order valence-electron chi connectivity index (χ0n) is 10.8. The number of rotatable bonds is 1. The largest absolute Gasteiger partial charge is 0.391 e. The molecular formula is C14H16BrN3O. The van der Waals surface area contributed by atoms with Crippen molar-refractivity contribution in [2.45, 2.75) is 19.4 Å². The van der Waals surface area contributed by atoms with Gasteiger partial charge in [-0.2, -0.15) is 0 Å². The zero-order valence-corrected chi connectivity index (χ0v) is 12.3. The third-order valence-electron chi connectivity index (χ3n) is 3.79. The second kappa shape index (κ2) is 5.06. The minimum absolute atomic E-state index is 0.286. The van der Waals surface area contributed by atoms with Crippen LogP contribution in [-0.2, 0) is 0 Å². The highest BCUT2D eigenvalue weighted by molar-refractivity contribution is 9.10. The fraction of sp³-hybridized carbons (Fsp3) is 0.429. The number of piperidine rings is 1. The fourth-order valence-electron chi connectivity index (χ4n) is 2.51. The van der Waals surface area contributed by atoms with Crippen LogP contribution < -0.4 is 4.90 Å². The zero-order chi connectivity index (χ0) is 13.4. The molecule has 1 aliphatic rings. The van der Waals surface area contributed by atoms with Crippen LogP contribution in [0.3, 0.4) is 0 Å². The van der Waals surface area contributed by atoms with E-state index in [2.05, 4.69) is 37.7 Å². The number of aliphatic hydroxyl groups is 1. The molecule has 2 atom stereocenters. The van der Waals surface area contributed by atoms with Crippen molar-refractivity contribution in [2.75, 3.05) is 18.0 Å². The Hall–Kier alpha value is -1.20. The Labute approximate surface area is 120 Å². The number of benzene rings is 1. The van der Waals surface area contributed by atoms with Crippen LogP contribution in [0.1, 0.15) is 13.3 Å². The molecule has 1 N–H and O–H groups in total. The molecule has 3 rings (SSSR count). The lowest BCUT2D eigenvalue weighted by molar-refractivity contribution is 0.103. The van der Waals surface area contributed by atoms with E-state index in [-0.39, 0.29) is 6.10 Å². The Bertz CT molecular complexity index is 604. The molecule has 4 nitrogen and oxygen atoms in total. The first-order chi connectivity index (χ1) is 9.15. The van der Waals surface area contributed by atoms with E-state index in [0.717, 1.165) is 34.2 Å². The van der Waals surface area contributed by atoms with Crippen LogP contribution in [0.2, 0.25) is 0 Å². The molecule has 0 saturated carbocycles. The topological polar surface area (TPSA) is 49.2 Å². The van der Waals surface area contributed by atoms with Crippen molar-refractivity contribution in [2.24, 2.45) is 5.92 Å². The molecule has 19 heavy (non-hydrogen) atoms. The van der Waals surface area contributed by atoms with Crippen LogP contribution in [0.5, 0.6) is 0 Å². The van der Waals surface area contributed by atoms with Gasteiger partial charge in [0.2, 0.25) is 0 Å². The Morgan fingerprint density at radius 3 is 3.00 bits per heavy atom. The average Bonchev–Trinajstić information content (AvgIpc) is 2.41. The molecule has 2 unspecified atom stereocenters. The quantitative estimate of drug-likeness (QED) is 0.877. The van der Waals surface area contributed by atoms with Crippen LogP contribution in [0.25, 0.3) is 10.9 Å².